The van der Waals surface area contributed by atoms with Gasteiger partial charge in [-0.25, -0.2) is 0 Å². The van der Waals surface area contributed by atoms with E-state index in [1.165, 1.54) is 18.1 Å². The van der Waals surface area contributed by atoms with E-state index in [0.717, 1.165) is 19.4 Å². The fourth-order valence-corrected chi connectivity index (χ4v) is 3.28. The topological polar surface area (TPSA) is 45.8 Å². The number of hydrogen-bond donors (Lipinski definition) is 0. The van der Waals surface area contributed by atoms with E-state index >= 15 is 0 Å². The highest BCUT2D eigenvalue weighted by molar-refractivity contribution is 5.25. The van der Waals surface area contributed by atoms with Crippen LogP contribution in [-0.2, 0) is 6.54 Å². The minimum absolute atomic E-state index is 0.0720. The van der Waals surface area contributed by atoms with Crippen molar-refractivity contribution in [3.63, 3.8) is 0 Å². The van der Waals surface area contributed by atoms with Gasteiger partial charge in [0.15, 0.2) is 0 Å². The van der Waals surface area contributed by atoms with Crippen LogP contribution in [0.1, 0.15) is 36.3 Å². The van der Waals surface area contributed by atoms with Crippen LogP contribution in [0.25, 0.3) is 0 Å². The molecular formula is C18H18N2O. The van der Waals surface area contributed by atoms with Gasteiger partial charge in [0.1, 0.15) is 0 Å². The van der Waals surface area contributed by atoms with Gasteiger partial charge < -0.3 is 4.57 Å². The normalized spacial score (nSPS) is 21.1. The molecule has 0 unspecified atom stereocenters. The van der Waals surface area contributed by atoms with Gasteiger partial charge in [0.25, 0.3) is 5.56 Å². The van der Waals surface area contributed by atoms with Gasteiger partial charge in [-0.15, -0.1) is 0 Å². The number of benzene rings is 1. The van der Waals surface area contributed by atoms with Crippen molar-refractivity contribution in [2.24, 2.45) is 5.92 Å². The Balaban J connectivity index is 1.68. The van der Waals surface area contributed by atoms with Crippen LogP contribution < -0.4 is 5.56 Å². The lowest BCUT2D eigenvalue weighted by Gasteiger charge is -2.13. The average Bonchev–Trinajstić information content (AvgIpc) is 2.99. The first-order valence-electron chi connectivity index (χ1n) is 7.42. The molecule has 0 amide bonds. The van der Waals surface area contributed by atoms with Crippen molar-refractivity contribution in [2.75, 3.05) is 0 Å². The summed E-state index contributed by atoms with van der Waals surface area (Å²) < 4.78 is 1.74. The van der Waals surface area contributed by atoms with Crippen molar-refractivity contribution in [1.29, 1.82) is 5.26 Å². The smallest absolute Gasteiger partial charge is 0.251 e. The summed E-state index contributed by atoms with van der Waals surface area (Å²) in [5.41, 5.74) is 1.77. The molecule has 1 aliphatic carbocycles. The molecule has 1 saturated carbocycles. The largest absolute Gasteiger partial charge is 0.315 e. The summed E-state index contributed by atoms with van der Waals surface area (Å²) in [6, 6.07) is 15.8. The number of hydrogen-bond acceptors (Lipinski definition) is 2. The van der Waals surface area contributed by atoms with Crippen molar-refractivity contribution in [3.8, 4) is 6.07 Å². The van der Waals surface area contributed by atoms with Crippen LogP contribution in [0.5, 0.6) is 0 Å². The van der Waals surface area contributed by atoms with E-state index in [0.29, 0.717) is 17.4 Å². The van der Waals surface area contributed by atoms with Gasteiger partial charge >= 0.3 is 0 Å². The second-order valence-corrected chi connectivity index (χ2v) is 5.80. The lowest BCUT2D eigenvalue weighted by molar-refractivity contribution is 0.443. The zero-order valence-electron chi connectivity index (χ0n) is 11.9. The lowest BCUT2D eigenvalue weighted by atomic mass is 9.96. The standard InChI is InChI=1S/C18H18N2O/c19-12-14-8-9-20(18(21)11-14)13-15-6-7-17(10-15)16-4-2-1-3-5-16/h1-5,8-9,11,15,17H,6-7,10,13H2/t15-,17-/m1/s1. The third kappa shape index (κ3) is 3.05. The van der Waals surface area contributed by atoms with Gasteiger partial charge in [-0.1, -0.05) is 30.3 Å². The minimum atomic E-state index is -0.0720. The molecule has 2 aromatic rings. The van der Waals surface area contributed by atoms with Gasteiger partial charge in [0, 0.05) is 18.8 Å². The second-order valence-electron chi connectivity index (χ2n) is 5.80. The molecule has 0 spiro atoms. The predicted molar refractivity (Wildman–Crippen MR) is 81.9 cm³/mol. The Morgan fingerprint density at radius 2 is 2.00 bits per heavy atom. The Hall–Kier alpha value is -2.34. The Labute approximate surface area is 124 Å². The minimum Gasteiger partial charge on any atom is -0.315 e. The van der Waals surface area contributed by atoms with Gasteiger partial charge in [-0.3, -0.25) is 4.79 Å². The van der Waals surface area contributed by atoms with Gasteiger partial charge in [-0.05, 0) is 42.7 Å². The zero-order chi connectivity index (χ0) is 14.7. The maximum Gasteiger partial charge on any atom is 0.251 e. The summed E-state index contributed by atoms with van der Waals surface area (Å²) in [6.45, 7) is 0.758. The molecule has 1 heterocycles. The van der Waals surface area contributed by atoms with E-state index in [2.05, 4.69) is 24.3 Å². The van der Waals surface area contributed by atoms with Crippen LogP contribution in [0, 0.1) is 17.2 Å². The fraction of sp³-hybridized carbons (Fsp3) is 0.333. The van der Waals surface area contributed by atoms with Crippen molar-refractivity contribution >= 4 is 0 Å². The summed E-state index contributed by atoms with van der Waals surface area (Å²) in [5.74, 6) is 1.16. The molecule has 2 atom stereocenters. The quantitative estimate of drug-likeness (QED) is 0.864. The molecule has 1 aromatic carbocycles. The Morgan fingerprint density at radius 3 is 2.71 bits per heavy atom. The van der Waals surface area contributed by atoms with E-state index in [9.17, 15) is 4.79 Å². The summed E-state index contributed by atoms with van der Waals surface area (Å²) in [5, 5.41) is 8.80. The molecule has 0 bridgehead atoms. The van der Waals surface area contributed by atoms with Crippen LogP contribution in [0.3, 0.4) is 0 Å². The predicted octanol–water partition coefficient (Wildman–Crippen LogP) is 3.30. The van der Waals surface area contributed by atoms with E-state index < -0.39 is 0 Å². The highest BCUT2D eigenvalue weighted by atomic mass is 16.1. The maximum atomic E-state index is 12.0. The molecule has 3 rings (SSSR count). The third-order valence-electron chi connectivity index (χ3n) is 4.39. The highest BCUT2D eigenvalue weighted by Crippen LogP contribution is 2.38. The number of nitriles is 1. The Morgan fingerprint density at radius 1 is 1.19 bits per heavy atom. The third-order valence-corrected chi connectivity index (χ3v) is 4.39. The fourth-order valence-electron chi connectivity index (χ4n) is 3.28. The summed E-state index contributed by atoms with van der Waals surface area (Å²) in [4.78, 5) is 12.0. The zero-order valence-corrected chi connectivity index (χ0v) is 11.9. The molecule has 0 N–H and O–H groups in total. The van der Waals surface area contributed by atoms with Crippen LogP contribution in [-0.4, -0.2) is 4.57 Å². The van der Waals surface area contributed by atoms with E-state index in [1.807, 2.05) is 12.1 Å². The number of aromatic nitrogens is 1. The molecule has 1 fully saturated rings. The molecule has 106 valence electrons. The van der Waals surface area contributed by atoms with Crippen LogP contribution in [0.4, 0.5) is 0 Å². The highest BCUT2D eigenvalue weighted by Gasteiger charge is 2.26. The molecule has 3 nitrogen and oxygen atoms in total. The van der Waals surface area contributed by atoms with E-state index in [1.54, 1.807) is 16.8 Å². The van der Waals surface area contributed by atoms with Crippen molar-refractivity contribution in [2.45, 2.75) is 31.7 Å². The van der Waals surface area contributed by atoms with Crippen LogP contribution in [0.2, 0.25) is 0 Å². The Kier molecular flexibility index (Phi) is 3.87. The maximum absolute atomic E-state index is 12.0. The summed E-state index contributed by atoms with van der Waals surface area (Å²) >= 11 is 0. The van der Waals surface area contributed by atoms with Crippen molar-refractivity contribution < 1.29 is 0 Å². The molecule has 0 radical (unpaired) electrons. The van der Waals surface area contributed by atoms with E-state index in [-0.39, 0.29) is 5.56 Å². The molecular weight excluding hydrogens is 260 g/mol. The molecule has 0 aliphatic heterocycles. The average molecular weight is 278 g/mol. The Bertz CT molecular complexity index is 712. The first-order valence-corrected chi connectivity index (χ1v) is 7.42. The van der Waals surface area contributed by atoms with Crippen LogP contribution in [0.15, 0.2) is 53.5 Å². The SMILES string of the molecule is N#Cc1ccn(C[C@@H]2CC[C@@H](c3ccccc3)C2)c(=O)c1. The second kappa shape index (κ2) is 5.97. The molecule has 0 saturated heterocycles. The molecule has 21 heavy (non-hydrogen) atoms. The molecule has 1 aliphatic rings. The van der Waals surface area contributed by atoms with E-state index in [4.69, 9.17) is 5.26 Å². The first kappa shape index (κ1) is 13.6. The van der Waals surface area contributed by atoms with Crippen molar-refractivity contribution in [1.82, 2.24) is 4.57 Å². The van der Waals surface area contributed by atoms with Crippen LogP contribution >= 0.6 is 0 Å². The van der Waals surface area contributed by atoms with Gasteiger partial charge in [-0.2, -0.15) is 5.26 Å². The molecule has 3 heteroatoms. The first-order chi connectivity index (χ1) is 10.3. The number of rotatable bonds is 3. The summed E-state index contributed by atoms with van der Waals surface area (Å²) in [6.07, 6.45) is 5.24. The van der Waals surface area contributed by atoms with Gasteiger partial charge in [0.2, 0.25) is 0 Å². The summed E-state index contributed by atoms with van der Waals surface area (Å²) in [7, 11) is 0. The van der Waals surface area contributed by atoms with Crippen molar-refractivity contribution in [3.05, 3.63) is 70.1 Å². The monoisotopic (exact) mass is 278 g/mol. The van der Waals surface area contributed by atoms with Gasteiger partial charge in [0.05, 0.1) is 11.6 Å². The number of nitrogens with zero attached hydrogens (tertiary/aromatic N) is 2. The number of pyridine rings is 1. The lowest BCUT2D eigenvalue weighted by Crippen LogP contribution is -2.22. The molecule has 1 aromatic heterocycles.